The number of amides is 1. The van der Waals surface area contributed by atoms with Gasteiger partial charge in [-0.15, -0.1) is 0 Å². The van der Waals surface area contributed by atoms with Crippen LogP contribution < -0.4 is 0 Å². The lowest BCUT2D eigenvalue weighted by Crippen LogP contribution is -2.35. The minimum atomic E-state index is -0.109. The SMILES string of the molecule is O=C(c1ccco1)N1CCc2onc(Cn3cccn3)c2C1. The van der Waals surface area contributed by atoms with Crippen LogP contribution in [0.2, 0.25) is 0 Å². The summed E-state index contributed by atoms with van der Waals surface area (Å²) < 4.78 is 12.4. The summed E-state index contributed by atoms with van der Waals surface area (Å²) in [6.45, 7) is 1.62. The maximum absolute atomic E-state index is 12.4. The molecule has 4 rings (SSSR count). The Morgan fingerprint density at radius 1 is 1.36 bits per heavy atom. The van der Waals surface area contributed by atoms with Gasteiger partial charge in [-0.25, -0.2) is 0 Å². The van der Waals surface area contributed by atoms with Gasteiger partial charge < -0.3 is 13.8 Å². The summed E-state index contributed by atoms with van der Waals surface area (Å²) in [6.07, 6.45) is 5.76. The summed E-state index contributed by atoms with van der Waals surface area (Å²) in [5.41, 5.74) is 1.79. The number of carbonyl (C=O) groups is 1. The average Bonchev–Trinajstić information content (AvgIpc) is 3.29. The van der Waals surface area contributed by atoms with Gasteiger partial charge in [0.25, 0.3) is 5.91 Å². The smallest absolute Gasteiger partial charge is 0.289 e. The first-order valence-corrected chi connectivity index (χ1v) is 7.08. The van der Waals surface area contributed by atoms with Crippen LogP contribution in [0.15, 0.2) is 45.8 Å². The van der Waals surface area contributed by atoms with Gasteiger partial charge in [-0.1, -0.05) is 5.16 Å². The third-order valence-corrected chi connectivity index (χ3v) is 3.80. The Bertz CT molecular complexity index is 774. The molecule has 0 radical (unpaired) electrons. The zero-order valence-corrected chi connectivity index (χ0v) is 11.8. The lowest BCUT2D eigenvalue weighted by Gasteiger charge is -2.25. The van der Waals surface area contributed by atoms with Crippen molar-refractivity contribution < 1.29 is 13.7 Å². The van der Waals surface area contributed by atoms with E-state index in [-0.39, 0.29) is 5.91 Å². The quantitative estimate of drug-likeness (QED) is 0.735. The Morgan fingerprint density at radius 3 is 3.09 bits per heavy atom. The average molecular weight is 298 g/mol. The van der Waals surface area contributed by atoms with Crippen molar-refractivity contribution in [1.82, 2.24) is 19.8 Å². The zero-order valence-electron chi connectivity index (χ0n) is 11.8. The summed E-state index contributed by atoms with van der Waals surface area (Å²) >= 11 is 0. The van der Waals surface area contributed by atoms with E-state index in [0.717, 1.165) is 17.0 Å². The number of aromatic nitrogens is 3. The van der Waals surface area contributed by atoms with Crippen molar-refractivity contribution in [2.45, 2.75) is 19.5 Å². The molecule has 0 atom stereocenters. The highest BCUT2D eigenvalue weighted by molar-refractivity contribution is 5.91. The third kappa shape index (κ3) is 2.20. The second-order valence-corrected chi connectivity index (χ2v) is 5.19. The molecular weight excluding hydrogens is 284 g/mol. The molecule has 0 N–H and O–H groups in total. The van der Waals surface area contributed by atoms with Crippen molar-refractivity contribution in [3.05, 3.63) is 59.6 Å². The predicted octanol–water partition coefficient (Wildman–Crippen LogP) is 1.71. The lowest BCUT2D eigenvalue weighted by atomic mass is 10.1. The normalized spacial score (nSPS) is 14.1. The third-order valence-electron chi connectivity index (χ3n) is 3.80. The number of hydrogen-bond acceptors (Lipinski definition) is 5. The first-order chi connectivity index (χ1) is 10.8. The van der Waals surface area contributed by atoms with E-state index in [1.54, 1.807) is 27.9 Å². The molecule has 1 aliphatic heterocycles. The molecule has 0 saturated carbocycles. The fourth-order valence-corrected chi connectivity index (χ4v) is 2.66. The maximum atomic E-state index is 12.4. The molecule has 0 unspecified atom stereocenters. The van der Waals surface area contributed by atoms with Crippen molar-refractivity contribution in [3.63, 3.8) is 0 Å². The van der Waals surface area contributed by atoms with E-state index in [4.69, 9.17) is 8.94 Å². The van der Waals surface area contributed by atoms with E-state index >= 15 is 0 Å². The van der Waals surface area contributed by atoms with Crippen LogP contribution >= 0.6 is 0 Å². The van der Waals surface area contributed by atoms with E-state index in [1.807, 2.05) is 12.3 Å². The molecule has 0 spiro atoms. The van der Waals surface area contributed by atoms with Crippen LogP contribution in [0.5, 0.6) is 0 Å². The van der Waals surface area contributed by atoms with Crippen molar-refractivity contribution in [2.24, 2.45) is 0 Å². The molecule has 0 saturated heterocycles. The standard InChI is InChI=1S/C15H14N4O3/c20-15(14-3-1-8-21-14)18-7-4-13-11(9-18)12(17-22-13)10-19-6-2-5-16-19/h1-3,5-6,8H,4,7,9-10H2. The van der Waals surface area contributed by atoms with Crippen molar-refractivity contribution in [2.75, 3.05) is 6.54 Å². The molecule has 0 aromatic carbocycles. The first kappa shape index (κ1) is 12.9. The molecule has 0 fully saturated rings. The van der Waals surface area contributed by atoms with Crippen LogP contribution in [-0.2, 0) is 19.5 Å². The number of rotatable bonds is 3. The van der Waals surface area contributed by atoms with Crippen molar-refractivity contribution in [1.29, 1.82) is 0 Å². The van der Waals surface area contributed by atoms with Crippen LogP contribution in [0.3, 0.4) is 0 Å². The van der Waals surface area contributed by atoms with Gasteiger partial charge in [-0.05, 0) is 18.2 Å². The summed E-state index contributed by atoms with van der Waals surface area (Å²) in [7, 11) is 0. The molecule has 3 aromatic rings. The van der Waals surface area contributed by atoms with Gasteiger partial charge >= 0.3 is 0 Å². The highest BCUT2D eigenvalue weighted by Gasteiger charge is 2.28. The summed E-state index contributed by atoms with van der Waals surface area (Å²) in [6, 6.07) is 5.25. The van der Waals surface area contributed by atoms with Crippen molar-refractivity contribution in [3.8, 4) is 0 Å². The van der Waals surface area contributed by atoms with Gasteiger partial charge in [0.15, 0.2) is 5.76 Å². The molecule has 0 aliphatic carbocycles. The molecule has 0 bridgehead atoms. The number of carbonyl (C=O) groups excluding carboxylic acids is 1. The van der Waals surface area contributed by atoms with Gasteiger partial charge in [-0.3, -0.25) is 9.48 Å². The molecule has 7 heteroatoms. The molecule has 3 aromatic heterocycles. The number of fused-ring (bicyclic) bond motifs is 1. The molecule has 7 nitrogen and oxygen atoms in total. The monoisotopic (exact) mass is 298 g/mol. The Hall–Kier alpha value is -2.83. The molecular formula is C15H14N4O3. The maximum Gasteiger partial charge on any atom is 0.289 e. The van der Waals surface area contributed by atoms with Gasteiger partial charge in [0.05, 0.1) is 19.4 Å². The molecule has 22 heavy (non-hydrogen) atoms. The second-order valence-electron chi connectivity index (χ2n) is 5.19. The summed E-state index contributed by atoms with van der Waals surface area (Å²) in [5, 5.41) is 8.31. The van der Waals surface area contributed by atoms with Crippen LogP contribution in [0.1, 0.15) is 27.6 Å². The number of furan rings is 1. The van der Waals surface area contributed by atoms with Crippen LogP contribution in [0.25, 0.3) is 0 Å². The van der Waals surface area contributed by atoms with E-state index in [2.05, 4.69) is 10.3 Å². The lowest BCUT2D eigenvalue weighted by molar-refractivity contribution is 0.0696. The topological polar surface area (TPSA) is 77.3 Å². The fourth-order valence-electron chi connectivity index (χ4n) is 2.66. The summed E-state index contributed by atoms with van der Waals surface area (Å²) in [4.78, 5) is 14.1. The molecule has 112 valence electrons. The number of nitrogens with zero attached hydrogens (tertiary/aromatic N) is 4. The Balaban J connectivity index is 1.57. The molecule has 4 heterocycles. The van der Waals surface area contributed by atoms with E-state index in [1.165, 1.54) is 6.26 Å². The Morgan fingerprint density at radius 2 is 2.32 bits per heavy atom. The zero-order chi connectivity index (χ0) is 14.9. The largest absolute Gasteiger partial charge is 0.459 e. The summed E-state index contributed by atoms with van der Waals surface area (Å²) in [5.74, 6) is 1.10. The minimum Gasteiger partial charge on any atom is -0.459 e. The van der Waals surface area contributed by atoms with E-state index in [0.29, 0.717) is 31.8 Å². The van der Waals surface area contributed by atoms with E-state index in [9.17, 15) is 4.79 Å². The highest BCUT2D eigenvalue weighted by atomic mass is 16.5. The van der Waals surface area contributed by atoms with Crippen LogP contribution in [-0.4, -0.2) is 32.3 Å². The van der Waals surface area contributed by atoms with Gasteiger partial charge in [0.2, 0.25) is 0 Å². The number of hydrogen-bond donors (Lipinski definition) is 0. The Kier molecular flexibility index (Phi) is 3.03. The molecule has 1 aliphatic rings. The van der Waals surface area contributed by atoms with Gasteiger partial charge in [-0.2, -0.15) is 5.10 Å². The van der Waals surface area contributed by atoms with Gasteiger partial charge in [0, 0.05) is 30.9 Å². The second kappa shape index (κ2) is 5.18. The minimum absolute atomic E-state index is 0.109. The van der Waals surface area contributed by atoms with Crippen molar-refractivity contribution >= 4 is 5.91 Å². The first-order valence-electron chi connectivity index (χ1n) is 7.08. The fraction of sp³-hybridized carbons (Fsp3) is 0.267. The van der Waals surface area contributed by atoms with Crippen LogP contribution in [0.4, 0.5) is 0 Å². The highest BCUT2D eigenvalue weighted by Crippen LogP contribution is 2.24. The van der Waals surface area contributed by atoms with Crippen LogP contribution in [0, 0.1) is 0 Å². The van der Waals surface area contributed by atoms with Gasteiger partial charge in [0.1, 0.15) is 11.5 Å². The Labute approximate surface area is 126 Å². The van der Waals surface area contributed by atoms with E-state index < -0.39 is 0 Å². The predicted molar refractivity (Wildman–Crippen MR) is 75.0 cm³/mol. The molecule has 1 amide bonds.